The molecule has 0 N–H and O–H groups in total. The second kappa shape index (κ2) is 9.74. The van der Waals surface area contributed by atoms with Crippen LogP contribution in [0, 0.1) is 0 Å². The summed E-state index contributed by atoms with van der Waals surface area (Å²) in [7, 11) is 0. The van der Waals surface area contributed by atoms with Gasteiger partial charge in [0, 0.05) is 0 Å². The first-order valence-electron chi connectivity index (χ1n) is 11.4. The van der Waals surface area contributed by atoms with Gasteiger partial charge in [0.1, 0.15) is 24.7 Å². The number of ether oxygens (including phenoxy) is 2. The van der Waals surface area contributed by atoms with Gasteiger partial charge < -0.3 is 9.47 Å². The molecule has 2 nitrogen and oxygen atoms in total. The van der Waals surface area contributed by atoms with Crippen molar-refractivity contribution in [2.45, 2.75) is 37.9 Å². The molecule has 0 amide bonds. The van der Waals surface area contributed by atoms with Crippen LogP contribution in [0.1, 0.15) is 46.9 Å². The smallest absolute Gasteiger partial charge is 0.119 e. The zero-order valence-corrected chi connectivity index (χ0v) is 18.2. The lowest BCUT2D eigenvalue weighted by atomic mass is 9.67. The average molecular weight is 421 g/mol. The summed E-state index contributed by atoms with van der Waals surface area (Å²) in [6.45, 7) is 1.20. The van der Waals surface area contributed by atoms with E-state index in [4.69, 9.17) is 9.47 Å². The molecule has 160 valence electrons. The fourth-order valence-corrected chi connectivity index (χ4v) is 4.40. The van der Waals surface area contributed by atoms with Crippen LogP contribution in [0.25, 0.3) is 0 Å². The minimum absolute atomic E-state index is 0.578. The maximum Gasteiger partial charge on any atom is 0.119 e. The minimum atomic E-state index is 0.578. The largest absolute Gasteiger partial charge is 0.489 e. The van der Waals surface area contributed by atoms with Gasteiger partial charge in [-0.25, -0.2) is 0 Å². The molecule has 0 aromatic heterocycles. The Kier molecular flexibility index (Phi) is 6.20. The van der Waals surface area contributed by atoms with Crippen molar-refractivity contribution >= 4 is 0 Å². The molecule has 1 fully saturated rings. The third kappa shape index (κ3) is 4.86. The van der Waals surface area contributed by atoms with E-state index in [0.29, 0.717) is 25.0 Å². The Labute approximate surface area is 190 Å². The third-order valence-electron chi connectivity index (χ3n) is 6.39. The highest BCUT2D eigenvalue weighted by Crippen LogP contribution is 2.49. The average Bonchev–Trinajstić information content (AvgIpc) is 2.84. The van der Waals surface area contributed by atoms with Crippen molar-refractivity contribution in [1.29, 1.82) is 0 Å². The van der Waals surface area contributed by atoms with Gasteiger partial charge in [0.15, 0.2) is 0 Å². The number of hydrogen-bond donors (Lipinski definition) is 0. The molecule has 1 saturated carbocycles. The molecule has 1 aliphatic rings. The molecule has 0 bridgehead atoms. The molecule has 4 aromatic carbocycles. The fourth-order valence-electron chi connectivity index (χ4n) is 4.40. The van der Waals surface area contributed by atoms with Crippen molar-refractivity contribution in [2.24, 2.45) is 0 Å². The first-order valence-corrected chi connectivity index (χ1v) is 11.4. The zero-order chi connectivity index (χ0) is 21.6. The van der Waals surface area contributed by atoms with Gasteiger partial charge in [-0.15, -0.1) is 0 Å². The summed E-state index contributed by atoms with van der Waals surface area (Å²) in [6.07, 6.45) is 2.47. The highest BCUT2D eigenvalue weighted by atomic mass is 16.5. The van der Waals surface area contributed by atoms with E-state index in [1.807, 2.05) is 36.4 Å². The second-order valence-electron chi connectivity index (χ2n) is 8.48. The Bertz CT molecular complexity index is 1010. The highest BCUT2D eigenvalue weighted by molar-refractivity contribution is 5.37. The van der Waals surface area contributed by atoms with Gasteiger partial charge in [-0.3, -0.25) is 0 Å². The molecular weight excluding hydrogens is 392 g/mol. The maximum atomic E-state index is 5.94. The third-order valence-corrected chi connectivity index (χ3v) is 6.39. The van der Waals surface area contributed by atoms with E-state index in [1.54, 1.807) is 0 Å². The van der Waals surface area contributed by atoms with Crippen LogP contribution in [0.3, 0.4) is 0 Å². The van der Waals surface area contributed by atoms with E-state index >= 15 is 0 Å². The van der Waals surface area contributed by atoms with Crippen molar-refractivity contribution in [2.75, 3.05) is 0 Å². The van der Waals surface area contributed by atoms with E-state index in [9.17, 15) is 0 Å². The van der Waals surface area contributed by atoms with Gasteiger partial charge >= 0.3 is 0 Å². The molecule has 1 aliphatic carbocycles. The summed E-state index contributed by atoms with van der Waals surface area (Å²) in [5, 5.41) is 0. The number of benzene rings is 4. The lowest BCUT2D eigenvalue weighted by Gasteiger charge is -2.37. The van der Waals surface area contributed by atoms with Gasteiger partial charge in [-0.2, -0.15) is 0 Å². The predicted molar refractivity (Wildman–Crippen MR) is 129 cm³/mol. The van der Waals surface area contributed by atoms with Crippen molar-refractivity contribution < 1.29 is 9.47 Å². The number of hydrogen-bond acceptors (Lipinski definition) is 2. The van der Waals surface area contributed by atoms with E-state index in [0.717, 1.165) is 11.5 Å². The van der Waals surface area contributed by atoms with Crippen molar-refractivity contribution in [3.05, 3.63) is 131 Å². The van der Waals surface area contributed by atoms with Crippen LogP contribution in [0.4, 0.5) is 0 Å². The topological polar surface area (TPSA) is 18.5 Å². The SMILES string of the molecule is c1ccc(COc2ccc(C3CCC3c3ccc(OCc4ccccc4)cc3)cc2)cc1. The molecule has 5 rings (SSSR count). The second-order valence-corrected chi connectivity index (χ2v) is 8.48. The number of rotatable bonds is 8. The van der Waals surface area contributed by atoms with E-state index in [1.165, 1.54) is 35.1 Å². The summed E-state index contributed by atoms with van der Waals surface area (Å²) < 4.78 is 11.9. The monoisotopic (exact) mass is 420 g/mol. The predicted octanol–water partition coefficient (Wildman–Crippen LogP) is 7.51. The van der Waals surface area contributed by atoms with Crippen LogP contribution in [0.15, 0.2) is 109 Å². The summed E-state index contributed by atoms with van der Waals surface area (Å²) in [5.74, 6) is 3.00. The quantitative estimate of drug-likeness (QED) is 0.294. The van der Waals surface area contributed by atoms with Gasteiger partial charge in [0.05, 0.1) is 0 Å². The van der Waals surface area contributed by atoms with Crippen molar-refractivity contribution in [1.82, 2.24) is 0 Å². The summed E-state index contributed by atoms with van der Waals surface area (Å²) in [4.78, 5) is 0. The van der Waals surface area contributed by atoms with Crippen LogP contribution >= 0.6 is 0 Å². The molecule has 0 spiro atoms. The van der Waals surface area contributed by atoms with Crippen molar-refractivity contribution in [3.63, 3.8) is 0 Å². The Morgan fingerprint density at radius 1 is 0.469 bits per heavy atom. The molecule has 32 heavy (non-hydrogen) atoms. The Hall–Kier alpha value is -3.52. The summed E-state index contributed by atoms with van der Waals surface area (Å²) in [5.41, 5.74) is 5.18. The standard InChI is InChI=1S/C30H28O2/c1-3-7-23(8-4-1)21-31-27-15-11-25(12-16-27)29-19-20-30(29)26-13-17-28(18-14-26)32-22-24-9-5-2-6-10-24/h1-18,29-30H,19-22H2. The zero-order valence-electron chi connectivity index (χ0n) is 18.2. The highest BCUT2D eigenvalue weighted by Gasteiger charge is 2.33. The van der Waals surface area contributed by atoms with Crippen LogP contribution in [-0.2, 0) is 13.2 Å². The Morgan fingerprint density at radius 2 is 0.844 bits per heavy atom. The lowest BCUT2D eigenvalue weighted by Crippen LogP contribution is -2.21. The Morgan fingerprint density at radius 3 is 1.19 bits per heavy atom. The normalized spacial score (nSPS) is 17.4. The lowest BCUT2D eigenvalue weighted by molar-refractivity contribution is 0.304. The van der Waals surface area contributed by atoms with Crippen LogP contribution < -0.4 is 9.47 Å². The van der Waals surface area contributed by atoms with E-state index < -0.39 is 0 Å². The van der Waals surface area contributed by atoms with E-state index in [2.05, 4.69) is 72.8 Å². The summed E-state index contributed by atoms with van der Waals surface area (Å²) in [6, 6.07) is 37.9. The molecule has 2 unspecified atom stereocenters. The first kappa shape index (κ1) is 20.4. The first-order chi connectivity index (χ1) is 15.8. The summed E-state index contributed by atoms with van der Waals surface area (Å²) >= 11 is 0. The van der Waals surface area contributed by atoms with Crippen LogP contribution in [0.2, 0.25) is 0 Å². The molecule has 0 radical (unpaired) electrons. The van der Waals surface area contributed by atoms with Crippen LogP contribution in [0.5, 0.6) is 11.5 Å². The molecule has 0 saturated heterocycles. The minimum Gasteiger partial charge on any atom is -0.489 e. The van der Waals surface area contributed by atoms with Gasteiger partial charge in [0.2, 0.25) is 0 Å². The molecule has 2 atom stereocenters. The van der Waals surface area contributed by atoms with Gasteiger partial charge in [-0.1, -0.05) is 84.9 Å². The fraction of sp³-hybridized carbons (Fsp3) is 0.200. The molecule has 0 aliphatic heterocycles. The maximum absolute atomic E-state index is 5.94. The van der Waals surface area contributed by atoms with Gasteiger partial charge in [0.25, 0.3) is 0 Å². The Balaban J connectivity index is 1.17. The molecule has 4 aromatic rings. The van der Waals surface area contributed by atoms with E-state index in [-0.39, 0.29) is 0 Å². The molecule has 2 heteroatoms. The van der Waals surface area contributed by atoms with Crippen LogP contribution in [-0.4, -0.2) is 0 Å². The molecular formula is C30H28O2. The van der Waals surface area contributed by atoms with Gasteiger partial charge in [-0.05, 0) is 71.2 Å². The molecule has 0 heterocycles. The van der Waals surface area contributed by atoms with Crippen molar-refractivity contribution in [3.8, 4) is 11.5 Å².